The molecule has 2 fully saturated rings. The fraction of sp³-hybridized carbons (Fsp3) is 0.556. The van der Waals surface area contributed by atoms with Gasteiger partial charge >= 0.3 is 0 Å². The Bertz CT molecular complexity index is 650. The zero-order valence-electron chi connectivity index (χ0n) is 14.3. The van der Waals surface area contributed by atoms with Crippen LogP contribution < -0.4 is 5.32 Å². The molecule has 1 aliphatic carbocycles. The summed E-state index contributed by atoms with van der Waals surface area (Å²) >= 11 is 3.46. The van der Waals surface area contributed by atoms with E-state index in [1.165, 1.54) is 0 Å². The van der Waals surface area contributed by atoms with E-state index in [0.717, 1.165) is 48.4 Å². The lowest BCUT2D eigenvalue weighted by Crippen LogP contribution is -2.52. The van der Waals surface area contributed by atoms with Gasteiger partial charge in [-0.1, -0.05) is 22.9 Å². The monoisotopic (exact) mass is 393 g/mol. The standard InChI is InChI=1S/C18H24BrN3O2/c1-3-21-8-10-22(11-9-21)17(24)18(6-7-18)16(23)20-14-4-5-15(19)13(2)12-14/h4-5,12H,3,6-11H2,1-2H3,(H,20,23). The van der Waals surface area contributed by atoms with Crippen LogP contribution in [0.4, 0.5) is 5.69 Å². The Morgan fingerprint density at radius 3 is 2.42 bits per heavy atom. The highest BCUT2D eigenvalue weighted by molar-refractivity contribution is 9.10. The number of halogens is 1. The van der Waals surface area contributed by atoms with E-state index in [-0.39, 0.29) is 11.8 Å². The summed E-state index contributed by atoms with van der Waals surface area (Å²) in [6.07, 6.45) is 1.31. The topological polar surface area (TPSA) is 52.7 Å². The molecule has 1 aromatic rings. The fourth-order valence-corrected chi connectivity index (χ4v) is 3.45. The van der Waals surface area contributed by atoms with E-state index in [0.29, 0.717) is 12.8 Å². The van der Waals surface area contributed by atoms with E-state index in [4.69, 9.17) is 0 Å². The number of likely N-dealkylation sites (N-methyl/N-ethyl adjacent to an activating group) is 1. The van der Waals surface area contributed by atoms with Crippen LogP contribution in [0.15, 0.2) is 22.7 Å². The van der Waals surface area contributed by atoms with Crippen molar-refractivity contribution in [1.82, 2.24) is 9.80 Å². The van der Waals surface area contributed by atoms with Gasteiger partial charge in [0.15, 0.2) is 0 Å². The second-order valence-corrected chi connectivity index (χ2v) is 7.58. The summed E-state index contributed by atoms with van der Waals surface area (Å²) < 4.78 is 1.01. The van der Waals surface area contributed by atoms with Gasteiger partial charge in [-0.2, -0.15) is 0 Å². The fourth-order valence-electron chi connectivity index (χ4n) is 3.21. The van der Waals surface area contributed by atoms with Crippen LogP contribution in [-0.2, 0) is 9.59 Å². The van der Waals surface area contributed by atoms with Crippen molar-refractivity contribution in [2.75, 3.05) is 38.0 Å². The first kappa shape index (κ1) is 17.4. The minimum atomic E-state index is -0.838. The Morgan fingerprint density at radius 2 is 1.88 bits per heavy atom. The van der Waals surface area contributed by atoms with Crippen molar-refractivity contribution in [2.45, 2.75) is 26.7 Å². The smallest absolute Gasteiger partial charge is 0.240 e. The number of nitrogens with one attached hydrogen (secondary N) is 1. The Hall–Kier alpha value is -1.40. The quantitative estimate of drug-likeness (QED) is 0.799. The Labute approximate surface area is 151 Å². The molecule has 0 radical (unpaired) electrons. The number of carbonyl (C=O) groups is 2. The molecule has 130 valence electrons. The van der Waals surface area contributed by atoms with Crippen molar-refractivity contribution in [3.8, 4) is 0 Å². The van der Waals surface area contributed by atoms with E-state index < -0.39 is 5.41 Å². The molecule has 0 atom stereocenters. The highest BCUT2D eigenvalue weighted by Gasteiger charge is 2.58. The number of aryl methyl sites for hydroxylation is 1. The average molecular weight is 394 g/mol. The normalized spacial score (nSPS) is 19.9. The van der Waals surface area contributed by atoms with Crippen molar-refractivity contribution < 1.29 is 9.59 Å². The molecule has 1 saturated carbocycles. The third-order valence-electron chi connectivity index (χ3n) is 5.12. The van der Waals surface area contributed by atoms with Crippen LogP contribution in [0.5, 0.6) is 0 Å². The van der Waals surface area contributed by atoms with E-state index in [2.05, 4.69) is 33.1 Å². The van der Waals surface area contributed by atoms with Crippen molar-refractivity contribution in [3.63, 3.8) is 0 Å². The van der Waals surface area contributed by atoms with Gasteiger partial charge in [0.1, 0.15) is 5.41 Å². The first-order valence-electron chi connectivity index (χ1n) is 8.55. The number of piperazine rings is 1. The van der Waals surface area contributed by atoms with Crippen LogP contribution >= 0.6 is 15.9 Å². The largest absolute Gasteiger partial charge is 0.339 e. The molecular weight excluding hydrogens is 370 g/mol. The Kier molecular flexibility index (Phi) is 4.97. The van der Waals surface area contributed by atoms with Gasteiger partial charge in [-0.05, 0) is 50.1 Å². The number of anilines is 1. The number of nitrogens with zero attached hydrogens (tertiary/aromatic N) is 2. The summed E-state index contributed by atoms with van der Waals surface area (Å²) in [5.41, 5.74) is 0.963. The van der Waals surface area contributed by atoms with Crippen LogP contribution in [0.2, 0.25) is 0 Å². The van der Waals surface area contributed by atoms with Crippen LogP contribution in [-0.4, -0.2) is 54.3 Å². The summed E-state index contributed by atoms with van der Waals surface area (Å²) in [4.78, 5) is 29.8. The summed E-state index contributed by atoms with van der Waals surface area (Å²) in [5, 5.41) is 2.94. The van der Waals surface area contributed by atoms with E-state index in [1.807, 2.05) is 30.0 Å². The van der Waals surface area contributed by atoms with E-state index in [1.54, 1.807) is 0 Å². The predicted octanol–water partition coefficient (Wildman–Crippen LogP) is 2.64. The second-order valence-electron chi connectivity index (χ2n) is 6.73. The minimum Gasteiger partial charge on any atom is -0.339 e. The molecule has 0 unspecified atom stereocenters. The maximum Gasteiger partial charge on any atom is 0.240 e. The number of hydrogen-bond donors (Lipinski definition) is 1. The molecule has 1 heterocycles. The molecule has 3 rings (SSSR count). The highest BCUT2D eigenvalue weighted by atomic mass is 79.9. The Balaban J connectivity index is 1.65. The number of benzene rings is 1. The van der Waals surface area contributed by atoms with Gasteiger partial charge in [0.05, 0.1) is 0 Å². The van der Waals surface area contributed by atoms with Crippen molar-refractivity contribution in [3.05, 3.63) is 28.2 Å². The molecule has 1 saturated heterocycles. The second kappa shape index (κ2) is 6.84. The first-order chi connectivity index (χ1) is 11.5. The van der Waals surface area contributed by atoms with Gasteiger partial charge in [0.25, 0.3) is 0 Å². The SMILES string of the molecule is CCN1CCN(C(=O)C2(C(=O)Nc3ccc(Br)c(C)c3)CC2)CC1. The van der Waals surface area contributed by atoms with Crippen LogP contribution in [0.1, 0.15) is 25.3 Å². The molecule has 2 aliphatic rings. The molecule has 1 aliphatic heterocycles. The lowest BCUT2D eigenvalue weighted by molar-refractivity contribution is -0.143. The molecule has 24 heavy (non-hydrogen) atoms. The summed E-state index contributed by atoms with van der Waals surface area (Å²) in [6.45, 7) is 8.35. The molecule has 5 nitrogen and oxygen atoms in total. The predicted molar refractivity (Wildman–Crippen MR) is 97.9 cm³/mol. The van der Waals surface area contributed by atoms with Crippen molar-refractivity contribution in [2.24, 2.45) is 5.41 Å². The minimum absolute atomic E-state index is 0.00425. The number of hydrogen-bond acceptors (Lipinski definition) is 3. The van der Waals surface area contributed by atoms with E-state index >= 15 is 0 Å². The van der Waals surface area contributed by atoms with Gasteiger partial charge < -0.3 is 15.1 Å². The van der Waals surface area contributed by atoms with E-state index in [9.17, 15) is 9.59 Å². The number of rotatable bonds is 4. The van der Waals surface area contributed by atoms with Crippen LogP contribution in [0.3, 0.4) is 0 Å². The molecular formula is C18H24BrN3O2. The maximum absolute atomic E-state index is 12.9. The highest BCUT2D eigenvalue weighted by Crippen LogP contribution is 2.48. The van der Waals surface area contributed by atoms with Gasteiger partial charge in [-0.3, -0.25) is 9.59 Å². The lowest BCUT2D eigenvalue weighted by Gasteiger charge is -2.35. The Morgan fingerprint density at radius 1 is 1.21 bits per heavy atom. The van der Waals surface area contributed by atoms with Crippen LogP contribution in [0, 0.1) is 12.3 Å². The molecule has 0 bridgehead atoms. The molecule has 0 spiro atoms. The molecule has 2 amide bonds. The zero-order valence-corrected chi connectivity index (χ0v) is 15.9. The van der Waals surface area contributed by atoms with Gasteiger partial charge in [0.2, 0.25) is 11.8 Å². The summed E-state index contributed by atoms with van der Waals surface area (Å²) in [6, 6.07) is 5.69. The number of carbonyl (C=O) groups excluding carboxylic acids is 2. The third-order valence-corrected chi connectivity index (χ3v) is 6.01. The van der Waals surface area contributed by atoms with Gasteiger partial charge in [-0.25, -0.2) is 0 Å². The average Bonchev–Trinajstić information content (AvgIpc) is 3.39. The van der Waals surface area contributed by atoms with Gasteiger partial charge in [0, 0.05) is 36.3 Å². The first-order valence-corrected chi connectivity index (χ1v) is 9.35. The van der Waals surface area contributed by atoms with Crippen molar-refractivity contribution >= 4 is 33.4 Å². The summed E-state index contributed by atoms with van der Waals surface area (Å²) in [7, 11) is 0. The van der Waals surface area contributed by atoms with Crippen molar-refractivity contribution in [1.29, 1.82) is 0 Å². The van der Waals surface area contributed by atoms with Gasteiger partial charge in [-0.15, -0.1) is 0 Å². The molecule has 6 heteroatoms. The maximum atomic E-state index is 12.9. The third kappa shape index (κ3) is 3.35. The zero-order chi connectivity index (χ0) is 17.3. The molecule has 0 aromatic heterocycles. The summed E-state index contributed by atoms with van der Waals surface area (Å²) in [5.74, 6) is -0.156. The lowest BCUT2D eigenvalue weighted by atomic mass is 10.0. The number of amides is 2. The molecule has 1 aromatic carbocycles. The molecule has 1 N–H and O–H groups in total. The van der Waals surface area contributed by atoms with Crippen LogP contribution in [0.25, 0.3) is 0 Å².